The quantitative estimate of drug-likeness (QED) is 0.0631. The van der Waals surface area contributed by atoms with Gasteiger partial charge in [0.25, 0.3) is 0 Å². The van der Waals surface area contributed by atoms with Crippen molar-refractivity contribution in [3.05, 3.63) is 552 Å². The standard InChI is InChI=1S/2C43H34N2.C41H32N2/c1-44(41-23-11-20-36(30-41)33-14-5-2-6-15-33)39-26-28-40(29-27-39)45(42-24-12-21-37(31-42)34-16-7-3-8-17-34)43-25-13-22-38(32-43)35-18-9-4-10-19-35;1-44(39-25-23-36(24-26-39)33-13-5-2-6-14-33)40-27-29-41(30-28-40)45(42-21-11-19-37(31-42)34-15-7-3-8-16-34)43-22-12-20-38(32-43)35-17-9-4-10-18-35;1-42(39-23-22-33-16-8-9-17-34(33)28-39)37-24-26-38(27-25-37)43(40-20-10-18-35(29-40)31-12-4-2-5-13-31)41-21-11-19-36(30-41)32-14-6-3-7-15-32/h2*2-32H,1H3;2-30H,1H3. The SMILES string of the molecule is CN(c1ccc(-c2ccccc2)cc1)c1ccc(N(c2cccc(-c3ccccc3)c2)c2cccc(-c3ccccc3)c2)cc1.CN(c1ccc(N(c2cccc(-c3ccccc3)c2)c2cccc(-c3ccccc3)c2)cc1)c1ccc2ccccc2c1.CN(c1ccc(N(c2cccc(-c3ccccc3)c2)c2cccc(-c3ccccc3)c2)cc1)c1cccc(-c2ccccc2)c1. The van der Waals surface area contributed by atoms with Gasteiger partial charge in [-0.15, -0.1) is 0 Å². The fourth-order valence-electron chi connectivity index (χ4n) is 17.4. The molecule has 0 N–H and O–H groups in total. The maximum atomic E-state index is 2.35. The molecule has 21 rings (SSSR count). The third kappa shape index (κ3) is 20.2. The lowest BCUT2D eigenvalue weighted by Crippen LogP contribution is -2.12. The fraction of sp³-hybridized carbons (Fsp3) is 0.0236. The first-order valence-corrected chi connectivity index (χ1v) is 45.3. The first kappa shape index (κ1) is 85.1. The third-order valence-electron chi connectivity index (χ3n) is 24.6. The van der Waals surface area contributed by atoms with Gasteiger partial charge < -0.3 is 29.4 Å². The van der Waals surface area contributed by atoms with E-state index in [0.717, 1.165) is 85.3 Å². The second-order valence-electron chi connectivity index (χ2n) is 33.1. The summed E-state index contributed by atoms with van der Waals surface area (Å²) in [6.45, 7) is 0. The Morgan fingerprint density at radius 2 is 0.256 bits per heavy atom. The van der Waals surface area contributed by atoms with Crippen LogP contribution in [0.25, 0.3) is 99.8 Å². The lowest BCUT2D eigenvalue weighted by Gasteiger charge is -2.27. The monoisotopic (exact) mass is 1710 g/mol. The fourth-order valence-corrected chi connectivity index (χ4v) is 17.4. The van der Waals surface area contributed by atoms with Crippen molar-refractivity contribution in [3.63, 3.8) is 0 Å². The van der Waals surface area contributed by atoms with Crippen LogP contribution in [0, 0.1) is 0 Å². The average molecular weight is 1710 g/mol. The van der Waals surface area contributed by atoms with Crippen molar-refractivity contribution in [3.8, 4) is 89.0 Å². The summed E-state index contributed by atoms with van der Waals surface area (Å²) in [6, 6.07) is 196. The summed E-state index contributed by atoms with van der Waals surface area (Å²) < 4.78 is 0. The molecule has 0 aromatic heterocycles. The molecule has 0 saturated carbocycles. The minimum atomic E-state index is 1.10. The highest BCUT2D eigenvalue weighted by atomic mass is 15.2. The van der Waals surface area contributed by atoms with E-state index < -0.39 is 0 Å². The average Bonchev–Trinajstić information content (AvgIpc) is 0.790. The van der Waals surface area contributed by atoms with Crippen molar-refractivity contribution >= 4 is 96.1 Å². The molecule has 0 aliphatic heterocycles. The van der Waals surface area contributed by atoms with Crippen LogP contribution in [0.2, 0.25) is 0 Å². The molecule has 6 heteroatoms. The zero-order chi connectivity index (χ0) is 89.9. The van der Waals surface area contributed by atoms with Crippen LogP contribution in [0.15, 0.2) is 552 Å². The zero-order valence-corrected chi connectivity index (χ0v) is 74.7. The van der Waals surface area contributed by atoms with Gasteiger partial charge in [0.2, 0.25) is 0 Å². The molecule has 0 bridgehead atoms. The van der Waals surface area contributed by atoms with E-state index in [1.165, 1.54) is 99.8 Å². The van der Waals surface area contributed by atoms with Crippen LogP contribution in [0.3, 0.4) is 0 Å². The zero-order valence-electron chi connectivity index (χ0n) is 74.7. The molecule has 0 aliphatic rings. The molecule has 0 unspecified atom stereocenters. The predicted octanol–water partition coefficient (Wildman–Crippen LogP) is 35.3. The Balaban J connectivity index is 0.000000129. The van der Waals surface area contributed by atoms with Gasteiger partial charge in [0.1, 0.15) is 0 Å². The lowest BCUT2D eigenvalue weighted by atomic mass is 10.0. The van der Waals surface area contributed by atoms with Crippen molar-refractivity contribution in [2.24, 2.45) is 0 Å². The lowest BCUT2D eigenvalue weighted by molar-refractivity contribution is 1.20. The molecule has 0 amide bonds. The molecule has 0 aliphatic carbocycles. The summed E-state index contributed by atoms with van der Waals surface area (Å²) in [4.78, 5) is 13.8. The summed E-state index contributed by atoms with van der Waals surface area (Å²) in [5, 5.41) is 2.49. The smallest absolute Gasteiger partial charge is 0.0467 e. The molecule has 638 valence electrons. The van der Waals surface area contributed by atoms with Gasteiger partial charge in [-0.25, -0.2) is 0 Å². The highest BCUT2D eigenvalue weighted by Crippen LogP contribution is 2.45. The van der Waals surface area contributed by atoms with Gasteiger partial charge in [0, 0.05) is 106 Å². The molecule has 21 aromatic carbocycles. The first-order chi connectivity index (χ1) is 65.7. The van der Waals surface area contributed by atoms with Crippen LogP contribution < -0.4 is 29.4 Å². The maximum Gasteiger partial charge on any atom is 0.0467 e. The number of hydrogen-bond donors (Lipinski definition) is 0. The maximum absolute atomic E-state index is 2.35. The van der Waals surface area contributed by atoms with Gasteiger partial charge in [-0.05, 0) is 282 Å². The minimum absolute atomic E-state index is 1.10. The molecular weight excluding hydrogens is 1610 g/mol. The molecule has 133 heavy (non-hydrogen) atoms. The summed E-state index contributed by atoms with van der Waals surface area (Å²) in [5.41, 5.74) is 36.0. The summed E-state index contributed by atoms with van der Waals surface area (Å²) >= 11 is 0. The van der Waals surface area contributed by atoms with E-state index in [-0.39, 0.29) is 0 Å². The second-order valence-corrected chi connectivity index (χ2v) is 33.1. The number of nitrogens with zero attached hydrogens (tertiary/aromatic N) is 6. The number of rotatable bonds is 23. The largest absolute Gasteiger partial charge is 0.345 e. The number of anilines is 15. The Bertz CT molecular complexity index is 7130. The van der Waals surface area contributed by atoms with Crippen molar-refractivity contribution in [1.82, 2.24) is 0 Å². The van der Waals surface area contributed by atoms with Gasteiger partial charge in [-0.3, -0.25) is 0 Å². The van der Waals surface area contributed by atoms with E-state index in [2.05, 4.69) is 603 Å². The molecule has 0 spiro atoms. The van der Waals surface area contributed by atoms with E-state index in [9.17, 15) is 0 Å². The highest BCUT2D eigenvalue weighted by molar-refractivity contribution is 5.91. The molecule has 0 saturated heterocycles. The van der Waals surface area contributed by atoms with Crippen LogP contribution in [-0.4, -0.2) is 21.1 Å². The molecule has 6 nitrogen and oxygen atoms in total. The van der Waals surface area contributed by atoms with E-state index >= 15 is 0 Å². The normalized spacial score (nSPS) is 10.8. The van der Waals surface area contributed by atoms with Gasteiger partial charge in [-0.1, -0.05) is 370 Å². The molecule has 0 fully saturated rings. The number of fused-ring (bicyclic) bond motifs is 1. The third-order valence-corrected chi connectivity index (χ3v) is 24.6. The van der Waals surface area contributed by atoms with Crippen molar-refractivity contribution < 1.29 is 0 Å². The Kier molecular flexibility index (Phi) is 26.1. The second kappa shape index (κ2) is 40.8. The van der Waals surface area contributed by atoms with Crippen LogP contribution in [-0.2, 0) is 0 Å². The number of benzene rings is 21. The Morgan fingerprint density at radius 1 is 0.0977 bits per heavy atom. The van der Waals surface area contributed by atoms with Crippen molar-refractivity contribution in [1.29, 1.82) is 0 Å². The van der Waals surface area contributed by atoms with E-state index in [1.807, 2.05) is 0 Å². The molecule has 0 radical (unpaired) electrons. The molecular formula is C127H100N6. The van der Waals surface area contributed by atoms with Gasteiger partial charge in [0.05, 0.1) is 0 Å². The van der Waals surface area contributed by atoms with E-state index in [0.29, 0.717) is 0 Å². The van der Waals surface area contributed by atoms with Crippen LogP contribution in [0.4, 0.5) is 85.3 Å². The predicted molar refractivity (Wildman–Crippen MR) is 568 cm³/mol. The highest BCUT2D eigenvalue weighted by Gasteiger charge is 2.21. The van der Waals surface area contributed by atoms with Crippen molar-refractivity contribution in [2.45, 2.75) is 0 Å². The Morgan fingerprint density at radius 3 is 0.504 bits per heavy atom. The molecule has 0 heterocycles. The van der Waals surface area contributed by atoms with E-state index in [1.54, 1.807) is 0 Å². The van der Waals surface area contributed by atoms with Gasteiger partial charge >= 0.3 is 0 Å². The van der Waals surface area contributed by atoms with Crippen LogP contribution in [0.5, 0.6) is 0 Å². The molecule has 0 atom stereocenters. The Hall–Kier alpha value is -17.3. The summed E-state index contributed by atoms with van der Waals surface area (Å²) in [7, 11) is 6.38. The first-order valence-electron chi connectivity index (χ1n) is 45.3. The van der Waals surface area contributed by atoms with Crippen LogP contribution in [0.1, 0.15) is 0 Å². The molecule has 21 aromatic rings. The number of hydrogen-bond acceptors (Lipinski definition) is 6. The Labute approximate surface area is 782 Å². The topological polar surface area (TPSA) is 19.4 Å². The minimum Gasteiger partial charge on any atom is -0.345 e. The van der Waals surface area contributed by atoms with Gasteiger partial charge in [-0.2, -0.15) is 0 Å². The van der Waals surface area contributed by atoms with Gasteiger partial charge in [0.15, 0.2) is 0 Å². The van der Waals surface area contributed by atoms with Crippen LogP contribution >= 0.6 is 0 Å². The summed E-state index contributed by atoms with van der Waals surface area (Å²) in [5.74, 6) is 0. The van der Waals surface area contributed by atoms with Crippen molar-refractivity contribution in [2.75, 3.05) is 50.5 Å². The van der Waals surface area contributed by atoms with E-state index in [4.69, 9.17) is 0 Å². The summed E-state index contributed by atoms with van der Waals surface area (Å²) in [6.07, 6.45) is 0.